The van der Waals surface area contributed by atoms with Crippen molar-refractivity contribution in [1.82, 2.24) is 5.32 Å². The highest BCUT2D eigenvalue weighted by Gasteiger charge is 2.32. The lowest BCUT2D eigenvalue weighted by Crippen LogP contribution is -2.33. The van der Waals surface area contributed by atoms with Gasteiger partial charge in [-0.1, -0.05) is 13.8 Å². The fourth-order valence-electron chi connectivity index (χ4n) is 2.37. The molecule has 1 amide bonds. The van der Waals surface area contributed by atoms with E-state index in [1.54, 1.807) is 6.07 Å². The monoisotopic (exact) mass is 221 g/mol. The predicted octanol–water partition coefficient (Wildman–Crippen LogP) is 2.90. The van der Waals surface area contributed by atoms with Crippen molar-refractivity contribution >= 4 is 5.91 Å². The third-order valence-electron chi connectivity index (χ3n) is 3.27. The number of carbonyl (C=O) groups excluding carboxylic acids is 1. The molecule has 16 heavy (non-hydrogen) atoms. The van der Waals surface area contributed by atoms with E-state index in [-0.39, 0.29) is 5.91 Å². The number of hydrogen-bond acceptors (Lipinski definition) is 2. The Kier molecular flexibility index (Phi) is 2.78. The van der Waals surface area contributed by atoms with Crippen LogP contribution in [-0.2, 0) is 0 Å². The minimum atomic E-state index is -0.0872. The molecule has 1 aliphatic carbocycles. The van der Waals surface area contributed by atoms with Gasteiger partial charge >= 0.3 is 0 Å². The number of hydrogen-bond donors (Lipinski definition) is 1. The summed E-state index contributed by atoms with van der Waals surface area (Å²) in [6.45, 7) is 6.34. The van der Waals surface area contributed by atoms with Gasteiger partial charge in [0.1, 0.15) is 5.76 Å². The van der Waals surface area contributed by atoms with Crippen LogP contribution in [0.15, 0.2) is 16.5 Å². The molecule has 1 unspecified atom stereocenters. The quantitative estimate of drug-likeness (QED) is 0.834. The van der Waals surface area contributed by atoms with Crippen molar-refractivity contribution in [2.75, 3.05) is 0 Å². The van der Waals surface area contributed by atoms with Crippen LogP contribution in [0.2, 0.25) is 0 Å². The molecular weight excluding hydrogens is 202 g/mol. The molecule has 3 heteroatoms. The summed E-state index contributed by atoms with van der Waals surface area (Å²) in [7, 11) is 0. The van der Waals surface area contributed by atoms with Crippen LogP contribution in [0.5, 0.6) is 0 Å². The van der Waals surface area contributed by atoms with Gasteiger partial charge in [0, 0.05) is 6.04 Å². The van der Waals surface area contributed by atoms with Gasteiger partial charge < -0.3 is 9.73 Å². The van der Waals surface area contributed by atoms with Crippen molar-refractivity contribution in [2.24, 2.45) is 5.41 Å². The molecular formula is C13H19NO2. The standard InChI is InChI=1S/C13H19NO2/c1-9-4-5-11(16-9)12(15)14-10-6-7-13(2,3)8-10/h4-5,10H,6-8H2,1-3H3,(H,14,15). The summed E-state index contributed by atoms with van der Waals surface area (Å²) in [6.07, 6.45) is 3.30. The van der Waals surface area contributed by atoms with Crippen LogP contribution in [0, 0.1) is 12.3 Å². The number of rotatable bonds is 2. The molecule has 0 radical (unpaired) electrons. The van der Waals surface area contributed by atoms with Gasteiger partial charge in [-0.25, -0.2) is 0 Å². The molecule has 1 N–H and O–H groups in total. The summed E-state index contributed by atoms with van der Waals surface area (Å²) in [5.74, 6) is 1.11. The van der Waals surface area contributed by atoms with E-state index >= 15 is 0 Å². The lowest BCUT2D eigenvalue weighted by atomic mass is 9.92. The van der Waals surface area contributed by atoms with Crippen LogP contribution >= 0.6 is 0 Å². The topological polar surface area (TPSA) is 42.2 Å². The number of carbonyl (C=O) groups is 1. The van der Waals surface area contributed by atoms with Gasteiger partial charge in [-0.05, 0) is 43.7 Å². The Labute approximate surface area is 96.2 Å². The summed E-state index contributed by atoms with van der Waals surface area (Å²) < 4.78 is 5.30. The highest BCUT2D eigenvalue weighted by atomic mass is 16.3. The maximum absolute atomic E-state index is 11.8. The molecule has 1 atom stereocenters. The summed E-state index contributed by atoms with van der Waals surface area (Å²) in [5, 5.41) is 3.03. The zero-order valence-electron chi connectivity index (χ0n) is 10.2. The summed E-state index contributed by atoms with van der Waals surface area (Å²) >= 11 is 0. The van der Waals surface area contributed by atoms with Gasteiger partial charge in [0.2, 0.25) is 0 Å². The van der Waals surface area contributed by atoms with Crippen molar-refractivity contribution in [3.63, 3.8) is 0 Å². The van der Waals surface area contributed by atoms with E-state index in [4.69, 9.17) is 4.42 Å². The highest BCUT2D eigenvalue weighted by molar-refractivity contribution is 5.91. The summed E-state index contributed by atoms with van der Waals surface area (Å²) in [5.41, 5.74) is 0.358. The minimum absolute atomic E-state index is 0.0872. The second kappa shape index (κ2) is 3.96. The van der Waals surface area contributed by atoms with E-state index in [2.05, 4.69) is 19.2 Å². The fraction of sp³-hybridized carbons (Fsp3) is 0.615. The molecule has 0 spiro atoms. The predicted molar refractivity (Wildman–Crippen MR) is 62.3 cm³/mol. The smallest absolute Gasteiger partial charge is 0.287 e. The van der Waals surface area contributed by atoms with Gasteiger partial charge in [0.25, 0.3) is 5.91 Å². The second-order valence-electron chi connectivity index (χ2n) is 5.49. The van der Waals surface area contributed by atoms with Gasteiger partial charge in [0.15, 0.2) is 5.76 Å². The molecule has 0 saturated heterocycles. The van der Waals surface area contributed by atoms with Gasteiger partial charge in [-0.3, -0.25) is 4.79 Å². The lowest BCUT2D eigenvalue weighted by molar-refractivity contribution is 0.0906. The molecule has 88 valence electrons. The SMILES string of the molecule is Cc1ccc(C(=O)NC2CCC(C)(C)C2)o1. The zero-order valence-corrected chi connectivity index (χ0v) is 10.2. The van der Waals surface area contributed by atoms with Crippen LogP contribution in [0.4, 0.5) is 0 Å². The fourth-order valence-corrected chi connectivity index (χ4v) is 2.37. The number of aryl methyl sites for hydroxylation is 1. The normalized spacial score (nSPS) is 23.3. The molecule has 3 nitrogen and oxygen atoms in total. The van der Waals surface area contributed by atoms with Crippen LogP contribution < -0.4 is 5.32 Å². The first-order valence-corrected chi connectivity index (χ1v) is 5.84. The Morgan fingerprint density at radius 3 is 2.75 bits per heavy atom. The lowest BCUT2D eigenvalue weighted by Gasteiger charge is -2.17. The average molecular weight is 221 g/mol. The average Bonchev–Trinajstić information content (AvgIpc) is 2.73. The Balaban J connectivity index is 1.94. The van der Waals surface area contributed by atoms with Gasteiger partial charge in [-0.15, -0.1) is 0 Å². The first kappa shape index (κ1) is 11.2. The number of amides is 1. The zero-order chi connectivity index (χ0) is 11.8. The van der Waals surface area contributed by atoms with Crippen LogP contribution in [0.3, 0.4) is 0 Å². The molecule has 1 aromatic heterocycles. The third kappa shape index (κ3) is 2.46. The van der Waals surface area contributed by atoms with E-state index in [0.717, 1.165) is 18.6 Å². The number of nitrogens with one attached hydrogen (secondary N) is 1. The molecule has 1 heterocycles. The van der Waals surface area contributed by atoms with Gasteiger partial charge in [-0.2, -0.15) is 0 Å². The molecule has 1 fully saturated rings. The van der Waals surface area contributed by atoms with Crippen LogP contribution in [-0.4, -0.2) is 11.9 Å². The van der Waals surface area contributed by atoms with Crippen molar-refractivity contribution in [3.05, 3.63) is 23.7 Å². The minimum Gasteiger partial charge on any atom is -0.456 e. The number of furan rings is 1. The Hall–Kier alpha value is -1.25. The first-order chi connectivity index (χ1) is 7.46. The largest absolute Gasteiger partial charge is 0.456 e. The molecule has 1 aliphatic rings. The summed E-state index contributed by atoms with van der Waals surface area (Å²) in [4.78, 5) is 11.8. The van der Waals surface area contributed by atoms with Crippen molar-refractivity contribution in [2.45, 2.75) is 46.1 Å². The van der Waals surface area contributed by atoms with E-state index < -0.39 is 0 Å². The molecule has 1 saturated carbocycles. The Morgan fingerprint density at radius 1 is 1.50 bits per heavy atom. The molecule has 0 aromatic carbocycles. The first-order valence-electron chi connectivity index (χ1n) is 5.84. The maximum Gasteiger partial charge on any atom is 0.287 e. The molecule has 2 rings (SSSR count). The van der Waals surface area contributed by atoms with E-state index in [1.807, 2.05) is 13.0 Å². The van der Waals surface area contributed by atoms with E-state index in [0.29, 0.717) is 17.2 Å². The second-order valence-corrected chi connectivity index (χ2v) is 5.49. The third-order valence-corrected chi connectivity index (χ3v) is 3.27. The summed E-state index contributed by atoms with van der Waals surface area (Å²) in [6, 6.07) is 3.84. The molecule has 1 aromatic rings. The van der Waals surface area contributed by atoms with Gasteiger partial charge in [0.05, 0.1) is 0 Å². The van der Waals surface area contributed by atoms with Crippen LogP contribution in [0.25, 0.3) is 0 Å². The van der Waals surface area contributed by atoms with Crippen molar-refractivity contribution in [1.29, 1.82) is 0 Å². The van der Waals surface area contributed by atoms with Crippen molar-refractivity contribution < 1.29 is 9.21 Å². The van der Waals surface area contributed by atoms with Crippen LogP contribution in [0.1, 0.15) is 49.4 Å². The highest BCUT2D eigenvalue weighted by Crippen LogP contribution is 2.36. The Bertz CT molecular complexity index is 392. The van der Waals surface area contributed by atoms with Crippen molar-refractivity contribution in [3.8, 4) is 0 Å². The molecule has 0 bridgehead atoms. The van der Waals surface area contributed by atoms with E-state index in [1.165, 1.54) is 6.42 Å². The van der Waals surface area contributed by atoms with E-state index in [9.17, 15) is 4.79 Å². The Morgan fingerprint density at radius 2 is 2.25 bits per heavy atom. The maximum atomic E-state index is 11.8. The molecule has 0 aliphatic heterocycles.